The maximum atomic E-state index is 10.9. The van der Waals surface area contributed by atoms with Crippen molar-refractivity contribution in [3.63, 3.8) is 0 Å². The van der Waals surface area contributed by atoms with Crippen molar-refractivity contribution in [2.45, 2.75) is 0 Å². The van der Waals surface area contributed by atoms with E-state index in [1.54, 1.807) is 12.1 Å². The van der Waals surface area contributed by atoms with E-state index in [9.17, 15) is 5.21 Å². The van der Waals surface area contributed by atoms with Gasteiger partial charge in [0.25, 0.3) is 0 Å². The fourth-order valence-electron chi connectivity index (χ4n) is 1.59. The van der Waals surface area contributed by atoms with E-state index >= 15 is 0 Å². The van der Waals surface area contributed by atoms with Crippen LogP contribution in [-0.2, 0) is 0 Å². The minimum Gasteiger partial charge on any atom is -0.608 e. The number of hydrogen-bond acceptors (Lipinski definition) is 4. The van der Waals surface area contributed by atoms with Crippen LogP contribution in [0.15, 0.2) is 48.5 Å². The molecule has 0 heterocycles. The highest BCUT2D eigenvalue weighted by molar-refractivity contribution is 5.66. The Morgan fingerprint density at radius 3 is 1.76 bits per heavy atom. The van der Waals surface area contributed by atoms with Crippen LogP contribution < -0.4 is 22.3 Å². The van der Waals surface area contributed by atoms with Gasteiger partial charge in [-0.05, 0) is 35.4 Å². The Hall–Kier alpha value is -1.92. The molecule has 5 heteroatoms. The second kappa shape index (κ2) is 4.94. The molecule has 1 atom stereocenters. The van der Waals surface area contributed by atoms with Crippen molar-refractivity contribution in [1.82, 2.24) is 0 Å². The molecule has 0 aromatic heterocycles. The third kappa shape index (κ3) is 2.61. The molecule has 0 bridgehead atoms. The molecule has 0 fully saturated rings. The molecule has 0 aliphatic carbocycles. The molecule has 2 aromatic carbocycles. The van der Waals surface area contributed by atoms with Crippen LogP contribution in [0.2, 0.25) is 0 Å². The number of benzene rings is 2. The van der Waals surface area contributed by atoms with Gasteiger partial charge in [0.05, 0.1) is 0 Å². The van der Waals surface area contributed by atoms with Gasteiger partial charge in [0.2, 0.25) is 0 Å². The number of nitrogen functional groups attached to an aromatic ring is 2. The summed E-state index contributed by atoms with van der Waals surface area (Å²) in [5.41, 5.74) is 6.01. The third-order valence-corrected chi connectivity index (χ3v) is 2.55. The topological polar surface area (TPSA) is 91.6 Å². The summed E-state index contributed by atoms with van der Waals surface area (Å²) in [5.74, 6) is 10.5. The molecule has 5 nitrogen and oxygen atoms in total. The van der Waals surface area contributed by atoms with Gasteiger partial charge in [-0.1, -0.05) is 12.1 Å². The monoisotopic (exact) mass is 230 g/mol. The average molecular weight is 230 g/mol. The summed E-state index contributed by atoms with van der Waals surface area (Å²) in [6.07, 6.45) is 0. The van der Waals surface area contributed by atoms with Crippen LogP contribution in [0.3, 0.4) is 0 Å². The molecule has 0 amide bonds. The minimum absolute atomic E-state index is 0.417. The van der Waals surface area contributed by atoms with Crippen LogP contribution in [0.4, 0.5) is 11.4 Å². The SMILES string of the molecule is NNc1ccc(-c2ccc([NH+](N)[O-])cc2)cc1. The van der Waals surface area contributed by atoms with Gasteiger partial charge < -0.3 is 10.6 Å². The van der Waals surface area contributed by atoms with Gasteiger partial charge in [-0.2, -0.15) is 5.84 Å². The molecule has 2 rings (SSSR count). The summed E-state index contributed by atoms with van der Waals surface area (Å²) in [7, 11) is 0. The van der Waals surface area contributed by atoms with Gasteiger partial charge in [0.1, 0.15) is 5.69 Å². The Kier molecular flexibility index (Phi) is 3.36. The van der Waals surface area contributed by atoms with Gasteiger partial charge in [0.15, 0.2) is 0 Å². The molecule has 0 radical (unpaired) electrons. The smallest absolute Gasteiger partial charge is 0.150 e. The highest BCUT2D eigenvalue weighted by Gasteiger charge is 2.00. The molecule has 0 spiro atoms. The third-order valence-electron chi connectivity index (χ3n) is 2.55. The first-order valence-electron chi connectivity index (χ1n) is 5.17. The largest absolute Gasteiger partial charge is 0.608 e. The van der Waals surface area contributed by atoms with E-state index in [0.717, 1.165) is 16.8 Å². The summed E-state index contributed by atoms with van der Waals surface area (Å²) in [6.45, 7) is 0. The molecule has 0 aliphatic rings. The van der Waals surface area contributed by atoms with Crippen LogP contribution in [0.5, 0.6) is 0 Å². The normalized spacial score (nSPS) is 12.2. The predicted octanol–water partition coefficient (Wildman–Crippen LogP) is 0.527. The molecule has 6 N–H and O–H groups in total. The molecule has 88 valence electrons. The number of hydrazine groups is 1. The van der Waals surface area contributed by atoms with Gasteiger partial charge >= 0.3 is 0 Å². The van der Waals surface area contributed by atoms with E-state index in [2.05, 4.69) is 5.43 Å². The second-order valence-electron chi connectivity index (χ2n) is 3.66. The second-order valence-corrected chi connectivity index (χ2v) is 3.66. The van der Waals surface area contributed by atoms with Crippen molar-refractivity contribution in [3.05, 3.63) is 53.7 Å². The van der Waals surface area contributed by atoms with Gasteiger partial charge in [-0.15, -0.1) is 0 Å². The molecule has 0 saturated carbocycles. The molecule has 1 unspecified atom stereocenters. The van der Waals surface area contributed by atoms with Crippen molar-refractivity contribution in [2.24, 2.45) is 11.7 Å². The van der Waals surface area contributed by atoms with Crippen molar-refractivity contribution in [1.29, 1.82) is 0 Å². The summed E-state index contributed by atoms with van der Waals surface area (Å²) in [5, 5.41) is 10.5. The van der Waals surface area contributed by atoms with Gasteiger partial charge in [-0.3, -0.25) is 11.0 Å². The van der Waals surface area contributed by atoms with Crippen LogP contribution >= 0.6 is 0 Å². The van der Waals surface area contributed by atoms with E-state index in [1.165, 1.54) is 0 Å². The fraction of sp³-hybridized carbons (Fsp3) is 0. The lowest BCUT2D eigenvalue weighted by Gasteiger charge is -2.14. The Labute approximate surface area is 99.2 Å². The Bertz CT molecular complexity index is 479. The molecular formula is C12H14N4O. The molecule has 17 heavy (non-hydrogen) atoms. The number of nitrogens with two attached hydrogens (primary N) is 2. The lowest BCUT2D eigenvalue weighted by atomic mass is 10.1. The fourth-order valence-corrected chi connectivity index (χ4v) is 1.59. The zero-order valence-electron chi connectivity index (χ0n) is 9.18. The quantitative estimate of drug-likeness (QED) is 0.457. The summed E-state index contributed by atoms with van der Waals surface area (Å²) in [6, 6.07) is 14.8. The number of rotatable bonds is 3. The minimum atomic E-state index is -0.417. The number of nitrogens with one attached hydrogen (secondary N) is 2. The van der Waals surface area contributed by atoms with Crippen molar-refractivity contribution in [2.75, 3.05) is 5.43 Å². The van der Waals surface area contributed by atoms with Crippen LogP contribution in [0, 0.1) is 5.21 Å². The lowest BCUT2D eigenvalue weighted by Crippen LogP contribution is -3.08. The van der Waals surface area contributed by atoms with Crippen LogP contribution in [-0.4, -0.2) is 0 Å². The van der Waals surface area contributed by atoms with Crippen LogP contribution in [0.25, 0.3) is 11.1 Å². The highest BCUT2D eigenvalue weighted by atomic mass is 16.5. The Morgan fingerprint density at radius 1 is 0.882 bits per heavy atom. The number of hydrogen-bond donors (Lipinski definition) is 4. The lowest BCUT2D eigenvalue weighted by molar-refractivity contribution is -0.789. The van der Waals surface area contributed by atoms with E-state index in [1.807, 2.05) is 36.4 Å². The molecule has 0 aliphatic heterocycles. The molecule has 2 aromatic rings. The predicted molar refractivity (Wildman–Crippen MR) is 67.9 cm³/mol. The van der Waals surface area contributed by atoms with Crippen molar-refractivity contribution in [3.8, 4) is 11.1 Å². The van der Waals surface area contributed by atoms with Crippen molar-refractivity contribution >= 4 is 11.4 Å². The molecular weight excluding hydrogens is 216 g/mol. The van der Waals surface area contributed by atoms with Gasteiger partial charge in [0, 0.05) is 17.8 Å². The number of quaternary nitrogens is 1. The van der Waals surface area contributed by atoms with Gasteiger partial charge in [-0.25, -0.2) is 0 Å². The number of anilines is 1. The first kappa shape index (κ1) is 11.6. The highest BCUT2D eigenvalue weighted by Crippen LogP contribution is 2.21. The van der Waals surface area contributed by atoms with E-state index in [0.29, 0.717) is 5.69 Å². The standard InChI is InChI=1S/C12H14N4O/c13-15-11-5-1-9(2-6-11)10-3-7-12(8-4-10)16(14)17/h1-8,15-16H,13-14H2. The molecule has 0 saturated heterocycles. The summed E-state index contributed by atoms with van der Waals surface area (Å²) in [4.78, 5) is 0. The average Bonchev–Trinajstić information content (AvgIpc) is 2.39. The van der Waals surface area contributed by atoms with E-state index in [-0.39, 0.29) is 0 Å². The Morgan fingerprint density at radius 2 is 1.35 bits per heavy atom. The summed E-state index contributed by atoms with van der Waals surface area (Å²) >= 11 is 0. The first-order chi connectivity index (χ1) is 8.20. The van der Waals surface area contributed by atoms with E-state index < -0.39 is 5.17 Å². The van der Waals surface area contributed by atoms with Crippen LogP contribution in [0.1, 0.15) is 0 Å². The zero-order valence-corrected chi connectivity index (χ0v) is 9.18. The van der Waals surface area contributed by atoms with Crippen molar-refractivity contribution < 1.29 is 5.17 Å². The first-order valence-corrected chi connectivity index (χ1v) is 5.17. The van der Waals surface area contributed by atoms with E-state index in [4.69, 9.17) is 11.7 Å². The maximum Gasteiger partial charge on any atom is 0.150 e. The zero-order chi connectivity index (χ0) is 12.3. The maximum absolute atomic E-state index is 10.9. The summed E-state index contributed by atoms with van der Waals surface area (Å²) < 4.78 is 0. The Balaban J connectivity index is 2.26.